The van der Waals surface area contributed by atoms with Crippen molar-refractivity contribution in [3.8, 4) is 5.75 Å². The second kappa shape index (κ2) is 8.97. The highest BCUT2D eigenvalue weighted by atomic mass is 35.5. The van der Waals surface area contributed by atoms with Gasteiger partial charge >= 0.3 is 0 Å². The minimum atomic E-state index is -0.435. The van der Waals surface area contributed by atoms with E-state index >= 15 is 0 Å². The lowest BCUT2D eigenvalue weighted by atomic mass is 10.2. The molecule has 10 heteroatoms. The van der Waals surface area contributed by atoms with E-state index in [0.29, 0.717) is 17.2 Å². The van der Waals surface area contributed by atoms with Gasteiger partial charge in [-0.3, -0.25) is 14.2 Å². The Balaban J connectivity index is 1.49. The number of carbonyl (C=O) groups excluding carboxylic acids is 1. The van der Waals surface area contributed by atoms with Gasteiger partial charge in [0.2, 0.25) is 5.91 Å². The minimum Gasteiger partial charge on any atom is -0.497 e. The third kappa shape index (κ3) is 4.56. The van der Waals surface area contributed by atoms with E-state index < -0.39 is 5.56 Å². The molecule has 158 valence electrons. The van der Waals surface area contributed by atoms with Crippen molar-refractivity contribution < 1.29 is 9.53 Å². The van der Waals surface area contributed by atoms with Gasteiger partial charge in [-0.2, -0.15) is 0 Å². The monoisotopic (exact) mass is 438 g/mol. The number of carbonyl (C=O) groups is 1. The maximum absolute atomic E-state index is 12.7. The Labute approximate surface area is 182 Å². The van der Waals surface area contributed by atoms with Crippen LogP contribution >= 0.6 is 11.6 Å². The number of hydrogen-bond acceptors (Lipinski definition) is 6. The zero-order valence-corrected chi connectivity index (χ0v) is 17.4. The highest BCUT2D eigenvalue weighted by Crippen LogP contribution is 2.15. The van der Waals surface area contributed by atoms with Crippen LogP contribution in [0.15, 0.2) is 59.7 Å². The molecule has 4 rings (SSSR count). The first-order valence-electron chi connectivity index (χ1n) is 9.47. The van der Waals surface area contributed by atoms with Crippen LogP contribution in [0.2, 0.25) is 5.02 Å². The fourth-order valence-corrected chi connectivity index (χ4v) is 3.30. The Bertz CT molecular complexity index is 1300. The molecule has 0 atom stereocenters. The lowest BCUT2D eigenvalue weighted by molar-refractivity contribution is -0.121. The lowest BCUT2D eigenvalue weighted by Gasteiger charge is -2.08. The van der Waals surface area contributed by atoms with E-state index in [4.69, 9.17) is 16.3 Å². The number of ether oxygens (including phenoxy) is 1. The van der Waals surface area contributed by atoms with Crippen LogP contribution in [0, 0.1) is 0 Å². The molecule has 2 aromatic heterocycles. The Morgan fingerprint density at radius 3 is 2.84 bits per heavy atom. The summed E-state index contributed by atoms with van der Waals surface area (Å²) in [5.41, 5.74) is 1.73. The standard InChI is InChI=1S/C21H19ClN6O3/c1-31-16-7-4-5-14(9-16)11-28-20-19(25-26-28)21(30)27(13-24-20)12-18(29)23-10-15-6-2-3-8-17(15)22/h2-9,13H,10-12H2,1H3,(H,23,29). The van der Waals surface area contributed by atoms with Crippen LogP contribution in [0.3, 0.4) is 0 Å². The van der Waals surface area contributed by atoms with Gasteiger partial charge in [-0.15, -0.1) is 5.10 Å². The number of rotatable bonds is 7. The molecule has 31 heavy (non-hydrogen) atoms. The van der Waals surface area contributed by atoms with Crippen LogP contribution in [0.5, 0.6) is 5.75 Å². The minimum absolute atomic E-state index is 0.101. The third-order valence-corrected chi connectivity index (χ3v) is 5.07. The summed E-state index contributed by atoms with van der Waals surface area (Å²) in [5.74, 6) is 0.381. The molecule has 0 aliphatic rings. The van der Waals surface area contributed by atoms with E-state index in [9.17, 15) is 9.59 Å². The summed E-state index contributed by atoms with van der Waals surface area (Å²) in [6.07, 6.45) is 1.32. The van der Waals surface area contributed by atoms with Crippen LogP contribution in [-0.2, 0) is 24.4 Å². The molecule has 0 saturated carbocycles. The van der Waals surface area contributed by atoms with E-state index in [-0.39, 0.29) is 24.5 Å². The van der Waals surface area contributed by atoms with Gasteiger partial charge in [0.25, 0.3) is 5.56 Å². The molecular weight excluding hydrogens is 420 g/mol. The summed E-state index contributed by atoms with van der Waals surface area (Å²) in [7, 11) is 1.60. The van der Waals surface area contributed by atoms with E-state index in [1.165, 1.54) is 15.6 Å². The number of halogens is 1. The molecular formula is C21H19ClN6O3. The maximum Gasteiger partial charge on any atom is 0.283 e. The molecule has 0 spiro atoms. The average molecular weight is 439 g/mol. The van der Waals surface area contributed by atoms with Crippen molar-refractivity contribution in [3.63, 3.8) is 0 Å². The highest BCUT2D eigenvalue weighted by molar-refractivity contribution is 6.31. The normalized spacial score (nSPS) is 10.9. The second-order valence-electron chi connectivity index (χ2n) is 6.82. The first kappa shape index (κ1) is 20.5. The maximum atomic E-state index is 12.7. The summed E-state index contributed by atoms with van der Waals surface area (Å²) in [4.78, 5) is 29.3. The summed E-state index contributed by atoms with van der Waals surface area (Å²) in [6, 6.07) is 14.7. The van der Waals surface area contributed by atoms with E-state index in [1.54, 1.807) is 13.2 Å². The molecule has 1 amide bonds. The van der Waals surface area contributed by atoms with E-state index in [2.05, 4.69) is 20.6 Å². The van der Waals surface area contributed by atoms with Gasteiger partial charge in [0.05, 0.1) is 13.7 Å². The molecule has 0 bridgehead atoms. The summed E-state index contributed by atoms with van der Waals surface area (Å²) in [5, 5.41) is 11.3. The van der Waals surface area contributed by atoms with Gasteiger partial charge in [-0.05, 0) is 29.3 Å². The van der Waals surface area contributed by atoms with Gasteiger partial charge in [0.1, 0.15) is 18.6 Å². The quantitative estimate of drug-likeness (QED) is 0.473. The molecule has 1 N–H and O–H groups in total. The number of hydrogen-bond donors (Lipinski definition) is 1. The Hall–Kier alpha value is -3.72. The van der Waals surface area contributed by atoms with Gasteiger partial charge in [-0.25, -0.2) is 9.67 Å². The molecule has 0 fully saturated rings. The van der Waals surface area contributed by atoms with Gasteiger partial charge in [0.15, 0.2) is 11.2 Å². The summed E-state index contributed by atoms with van der Waals surface area (Å²) >= 11 is 6.09. The van der Waals surface area contributed by atoms with Crippen molar-refractivity contribution in [3.05, 3.63) is 81.4 Å². The van der Waals surface area contributed by atoms with Crippen molar-refractivity contribution in [2.24, 2.45) is 0 Å². The van der Waals surface area contributed by atoms with Gasteiger partial charge in [-0.1, -0.05) is 47.1 Å². The molecule has 2 heterocycles. The fraction of sp³-hybridized carbons (Fsp3) is 0.190. The van der Waals surface area contributed by atoms with Crippen molar-refractivity contribution in [2.75, 3.05) is 7.11 Å². The largest absolute Gasteiger partial charge is 0.497 e. The number of methoxy groups -OCH3 is 1. The number of nitrogens with one attached hydrogen (secondary N) is 1. The van der Waals surface area contributed by atoms with Crippen molar-refractivity contribution in [1.82, 2.24) is 29.9 Å². The predicted octanol–water partition coefficient (Wildman–Crippen LogP) is 2.01. The molecule has 4 aromatic rings. The predicted molar refractivity (Wildman–Crippen MR) is 115 cm³/mol. The number of nitrogens with zero attached hydrogens (tertiary/aromatic N) is 5. The zero-order chi connectivity index (χ0) is 21.8. The SMILES string of the molecule is COc1cccc(Cn2nnc3c(=O)n(CC(=O)NCc4ccccc4Cl)cnc32)c1. The van der Waals surface area contributed by atoms with Crippen molar-refractivity contribution >= 4 is 28.7 Å². The van der Waals surface area contributed by atoms with Crippen LogP contribution in [0.25, 0.3) is 11.2 Å². The van der Waals surface area contributed by atoms with E-state index in [0.717, 1.165) is 16.9 Å². The van der Waals surface area contributed by atoms with Crippen LogP contribution in [0.4, 0.5) is 0 Å². The van der Waals surface area contributed by atoms with E-state index in [1.807, 2.05) is 42.5 Å². The smallest absolute Gasteiger partial charge is 0.283 e. The Morgan fingerprint density at radius 2 is 2.03 bits per heavy atom. The number of aromatic nitrogens is 5. The molecule has 9 nitrogen and oxygen atoms in total. The van der Waals surface area contributed by atoms with Crippen LogP contribution in [-0.4, -0.2) is 37.6 Å². The Kier molecular flexibility index (Phi) is 5.94. The molecule has 2 aromatic carbocycles. The van der Waals surface area contributed by atoms with Gasteiger partial charge < -0.3 is 10.1 Å². The topological polar surface area (TPSA) is 104 Å². The molecule has 0 unspecified atom stereocenters. The molecule has 0 aliphatic carbocycles. The number of benzene rings is 2. The number of amides is 1. The second-order valence-corrected chi connectivity index (χ2v) is 7.22. The summed E-state index contributed by atoms with van der Waals surface area (Å²) in [6.45, 7) is 0.455. The molecule has 0 radical (unpaired) electrons. The average Bonchev–Trinajstić information content (AvgIpc) is 3.18. The summed E-state index contributed by atoms with van der Waals surface area (Å²) < 4.78 is 7.97. The van der Waals surface area contributed by atoms with Crippen LogP contribution in [0.1, 0.15) is 11.1 Å². The third-order valence-electron chi connectivity index (χ3n) is 4.71. The van der Waals surface area contributed by atoms with Crippen molar-refractivity contribution in [1.29, 1.82) is 0 Å². The lowest BCUT2D eigenvalue weighted by Crippen LogP contribution is -2.32. The zero-order valence-electron chi connectivity index (χ0n) is 16.7. The first-order chi connectivity index (χ1) is 15.0. The molecule has 0 saturated heterocycles. The van der Waals surface area contributed by atoms with Crippen LogP contribution < -0.4 is 15.6 Å². The highest BCUT2D eigenvalue weighted by Gasteiger charge is 2.14. The number of fused-ring (bicyclic) bond motifs is 1. The van der Waals surface area contributed by atoms with Crippen molar-refractivity contribution in [2.45, 2.75) is 19.6 Å². The Morgan fingerprint density at radius 1 is 1.19 bits per heavy atom. The fourth-order valence-electron chi connectivity index (χ4n) is 3.10. The first-order valence-corrected chi connectivity index (χ1v) is 9.84. The van der Waals surface area contributed by atoms with Gasteiger partial charge in [0, 0.05) is 11.6 Å². The molecule has 0 aliphatic heterocycles.